The molecule has 0 amide bonds. The molecule has 0 unspecified atom stereocenters. The van der Waals surface area contributed by atoms with E-state index in [1.165, 1.54) is 39.8 Å². The first-order valence-electron chi connectivity index (χ1n) is 14.8. The number of aryl methyl sites for hydroxylation is 3. The summed E-state index contributed by atoms with van der Waals surface area (Å²) in [5.74, 6) is 0.851. The molecule has 1 N–H and O–H groups in total. The summed E-state index contributed by atoms with van der Waals surface area (Å²) in [5, 5.41) is 9.22. The van der Waals surface area contributed by atoms with E-state index < -0.39 is 0 Å². The molecule has 5 aromatic carbocycles. The van der Waals surface area contributed by atoms with E-state index in [4.69, 9.17) is 4.74 Å². The normalized spacial score (nSPS) is 10.3. The van der Waals surface area contributed by atoms with Gasteiger partial charge in [-0.3, -0.25) is 0 Å². The fourth-order valence-electron chi connectivity index (χ4n) is 4.77. The van der Waals surface area contributed by atoms with Gasteiger partial charge in [0, 0.05) is 0 Å². The Morgan fingerprint density at radius 3 is 1.52 bits per heavy atom. The fraction of sp³-hybridized carbons (Fsp3) is 0.250. The standard InChI is InChI=1S/C23H24O2.C16H18.CH4/c1-2-5-18-10-12-21(13-11-18)22-8-4-9-23(15-22)25-17-20-7-3-6-19(14-20)16-24;1-3-13-5-9-15(10-6-13)16-11-7-14(4-2)8-12-16;/h3-4,6-15,24H,2,5,16-17H2,1H3;5-12H,3-4H2,1-2H3;1H4. The lowest BCUT2D eigenvalue weighted by Crippen LogP contribution is -1.96. The number of benzene rings is 5. The maximum atomic E-state index is 9.22. The van der Waals surface area contributed by atoms with E-state index in [0.29, 0.717) is 6.61 Å². The van der Waals surface area contributed by atoms with Crippen LogP contribution in [0.2, 0.25) is 0 Å². The van der Waals surface area contributed by atoms with Gasteiger partial charge in [-0.15, -0.1) is 0 Å². The minimum atomic E-state index is 0. The molecule has 218 valence electrons. The van der Waals surface area contributed by atoms with Gasteiger partial charge in [0.05, 0.1) is 6.61 Å². The number of ether oxygens (including phenoxy) is 1. The summed E-state index contributed by atoms with van der Waals surface area (Å²) in [7, 11) is 0. The molecule has 0 aliphatic carbocycles. The number of hydrogen-bond acceptors (Lipinski definition) is 2. The van der Waals surface area contributed by atoms with Crippen molar-refractivity contribution in [1.82, 2.24) is 0 Å². The van der Waals surface area contributed by atoms with E-state index >= 15 is 0 Å². The van der Waals surface area contributed by atoms with Crippen molar-refractivity contribution < 1.29 is 9.84 Å². The van der Waals surface area contributed by atoms with E-state index in [1.54, 1.807) is 0 Å². The quantitative estimate of drug-likeness (QED) is 0.185. The SMILES string of the molecule is C.CCCc1ccc(-c2cccc(OCc3cccc(CO)c3)c2)cc1.CCc1ccc(-c2ccc(CC)cc2)cc1. The van der Waals surface area contributed by atoms with Gasteiger partial charge in [0.25, 0.3) is 0 Å². The van der Waals surface area contributed by atoms with Crippen molar-refractivity contribution in [2.24, 2.45) is 0 Å². The predicted molar refractivity (Wildman–Crippen MR) is 180 cm³/mol. The van der Waals surface area contributed by atoms with E-state index in [9.17, 15) is 5.11 Å². The highest BCUT2D eigenvalue weighted by atomic mass is 16.5. The van der Waals surface area contributed by atoms with E-state index in [0.717, 1.165) is 41.7 Å². The zero-order valence-corrected chi connectivity index (χ0v) is 24.6. The molecule has 42 heavy (non-hydrogen) atoms. The van der Waals surface area contributed by atoms with Crippen molar-refractivity contribution in [3.05, 3.63) is 149 Å². The van der Waals surface area contributed by atoms with Crippen LogP contribution in [0.4, 0.5) is 0 Å². The average molecular weight is 559 g/mol. The third-order valence-electron chi connectivity index (χ3n) is 7.30. The molecule has 0 fully saturated rings. The highest BCUT2D eigenvalue weighted by Crippen LogP contribution is 2.25. The molecule has 0 heterocycles. The molecule has 0 saturated heterocycles. The van der Waals surface area contributed by atoms with Crippen molar-refractivity contribution in [1.29, 1.82) is 0 Å². The molecule has 5 aromatic rings. The number of hydrogen-bond donors (Lipinski definition) is 1. The zero-order valence-electron chi connectivity index (χ0n) is 24.6. The van der Waals surface area contributed by atoms with Crippen LogP contribution in [0.25, 0.3) is 22.3 Å². The van der Waals surface area contributed by atoms with Gasteiger partial charge in [0.15, 0.2) is 0 Å². The molecule has 0 saturated carbocycles. The van der Waals surface area contributed by atoms with E-state index in [2.05, 4.69) is 106 Å². The molecule has 2 heteroatoms. The maximum Gasteiger partial charge on any atom is 0.120 e. The summed E-state index contributed by atoms with van der Waals surface area (Å²) < 4.78 is 5.93. The number of rotatable bonds is 10. The van der Waals surface area contributed by atoms with Crippen LogP contribution in [-0.2, 0) is 32.5 Å². The molecule has 0 aromatic heterocycles. The van der Waals surface area contributed by atoms with Gasteiger partial charge in [-0.25, -0.2) is 0 Å². The highest BCUT2D eigenvalue weighted by Gasteiger charge is 2.03. The monoisotopic (exact) mass is 558 g/mol. The van der Waals surface area contributed by atoms with Crippen molar-refractivity contribution >= 4 is 0 Å². The molecule has 5 rings (SSSR count). The topological polar surface area (TPSA) is 29.5 Å². The smallest absolute Gasteiger partial charge is 0.120 e. The summed E-state index contributed by atoms with van der Waals surface area (Å²) in [6, 6.07) is 42.4. The maximum absolute atomic E-state index is 9.22. The van der Waals surface area contributed by atoms with Crippen molar-refractivity contribution in [3.8, 4) is 28.0 Å². The van der Waals surface area contributed by atoms with Crippen LogP contribution in [0.5, 0.6) is 5.75 Å². The van der Waals surface area contributed by atoms with Crippen molar-refractivity contribution in [2.45, 2.75) is 67.1 Å². The van der Waals surface area contributed by atoms with Crippen LogP contribution < -0.4 is 4.74 Å². The van der Waals surface area contributed by atoms with Crippen LogP contribution in [0.1, 0.15) is 62.4 Å². The lowest BCUT2D eigenvalue weighted by Gasteiger charge is -2.10. The Hall–Kier alpha value is -4.14. The molecule has 0 aliphatic rings. The van der Waals surface area contributed by atoms with Crippen molar-refractivity contribution in [3.63, 3.8) is 0 Å². The second-order valence-electron chi connectivity index (χ2n) is 10.3. The lowest BCUT2D eigenvalue weighted by atomic mass is 10.0. The van der Waals surface area contributed by atoms with Gasteiger partial charge >= 0.3 is 0 Å². The van der Waals surface area contributed by atoms with Crippen LogP contribution in [0.3, 0.4) is 0 Å². The van der Waals surface area contributed by atoms with Gasteiger partial charge in [-0.05, 0) is 81.5 Å². The van der Waals surface area contributed by atoms with Gasteiger partial charge in [0.2, 0.25) is 0 Å². The first-order valence-corrected chi connectivity index (χ1v) is 14.8. The Bertz CT molecular complexity index is 1420. The molecule has 0 atom stereocenters. The van der Waals surface area contributed by atoms with Gasteiger partial charge in [-0.1, -0.05) is 144 Å². The highest BCUT2D eigenvalue weighted by molar-refractivity contribution is 5.65. The first-order chi connectivity index (χ1) is 20.1. The second-order valence-corrected chi connectivity index (χ2v) is 10.3. The summed E-state index contributed by atoms with van der Waals surface area (Å²) in [6.07, 6.45) is 4.50. The summed E-state index contributed by atoms with van der Waals surface area (Å²) in [6.45, 7) is 7.12. The van der Waals surface area contributed by atoms with Gasteiger partial charge in [-0.2, -0.15) is 0 Å². The van der Waals surface area contributed by atoms with Gasteiger partial charge < -0.3 is 9.84 Å². The van der Waals surface area contributed by atoms with Gasteiger partial charge in [0.1, 0.15) is 12.4 Å². The number of aliphatic hydroxyl groups is 1. The Balaban J connectivity index is 0.000000247. The Morgan fingerprint density at radius 1 is 0.500 bits per heavy atom. The Labute approximate surface area is 253 Å². The Morgan fingerprint density at radius 2 is 1.00 bits per heavy atom. The summed E-state index contributed by atoms with van der Waals surface area (Å²) >= 11 is 0. The van der Waals surface area contributed by atoms with E-state index in [1.807, 2.05) is 36.4 Å². The molecular weight excluding hydrogens is 512 g/mol. The minimum absolute atomic E-state index is 0. The molecular formula is C40H46O2. The first kappa shape index (κ1) is 32.4. The molecule has 0 spiro atoms. The van der Waals surface area contributed by atoms with Crippen LogP contribution in [0, 0.1) is 0 Å². The largest absolute Gasteiger partial charge is 0.489 e. The predicted octanol–water partition coefficient (Wildman–Crippen LogP) is 10.5. The molecule has 2 nitrogen and oxygen atoms in total. The second kappa shape index (κ2) is 17.0. The molecule has 0 aliphatic heterocycles. The van der Waals surface area contributed by atoms with Crippen LogP contribution in [-0.4, -0.2) is 5.11 Å². The number of aliphatic hydroxyl groups excluding tert-OH is 1. The van der Waals surface area contributed by atoms with Crippen LogP contribution in [0.15, 0.2) is 121 Å². The molecule has 0 radical (unpaired) electrons. The Kier molecular flexibility index (Phi) is 13.1. The average Bonchev–Trinajstić information content (AvgIpc) is 3.05. The van der Waals surface area contributed by atoms with E-state index in [-0.39, 0.29) is 14.0 Å². The van der Waals surface area contributed by atoms with Crippen molar-refractivity contribution in [2.75, 3.05) is 0 Å². The zero-order chi connectivity index (χ0) is 28.9. The summed E-state index contributed by atoms with van der Waals surface area (Å²) in [5.41, 5.74) is 11.1. The molecule has 0 bridgehead atoms. The summed E-state index contributed by atoms with van der Waals surface area (Å²) in [4.78, 5) is 0. The third kappa shape index (κ3) is 9.46. The van der Waals surface area contributed by atoms with Crippen LogP contribution >= 0.6 is 0 Å². The third-order valence-corrected chi connectivity index (χ3v) is 7.30. The lowest BCUT2D eigenvalue weighted by molar-refractivity contribution is 0.280. The fourth-order valence-corrected chi connectivity index (χ4v) is 4.77. The minimum Gasteiger partial charge on any atom is -0.489 e.